The van der Waals surface area contributed by atoms with Crippen molar-refractivity contribution in [3.05, 3.63) is 41.1 Å². The molecule has 1 aliphatic rings. The Morgan fingerprint density at radius 3 is 2.74 bits per heavy atom. The Labute approximate surface area is 138 Å². The number of carbonyl (C=O) groups excluding carboxylic acids is 2. The van der Waals surface area contributed by atoms with Gasteiger partial charge in [-0.1, -0.05) is 17.7 Å². The Bertz CT molecular complexity index is 753. The van der Waals surface area contributed by atoms with E-state index in [1.807, 2.05) is 31.2 Å². The van der Waals surface area contributed by atoms with Crippen LogP contribution in [-0.4, -0.2) is 28.3 Å². The average molecular weight is 331 g/mol. The molecule has 23 heavy (non-hydrogen) atoms. The largest absolute Gasteiger partial charge is 0.459 e. The maximum absolute atomic E-state index is 12.0. The molecule has 0 unspecified atom stereocenters. The summed E-state index contributed by atoms with van der Waals surface area (Å²) in [5.41, 5.74) is 3.89. The molecule has 0 bridgehead atoms. The fourth-order valence-electron chi connectivity index (χ4n) is 2.37. The highest BCUT2D eigenvalue weighted by Crippen LogP contribution is 2.36. The van der Waals surface area contributed by atoms with Gasteiger partial charge in [-0.15, -0.1) is 0 Å². The van der Waals surface area contributed by atoms with Crippen LogP contribution in [0.25, 0.3) is 5.69 Å². The summed E-state index contributed by atoms with van der Waals surface area (Å²) in [5, 5.41) is 7.24. The van der Waals surface area contributed by atoms with E-state index >= 15 is 0 Å². The smallest absolute Gasteiger partial charge is 0.397 e. The Morgan fingerprint density at radius 1 is 1.30 bits per heavy atom. The summed E-state index contributed by atoms with van der Waals surface area (Å²) in [4.78, 5) is 23.6. The van der Waals surface area contributed by atoms with Crippen LogP contribution in [0.3, 0.4) is 0 Å². The number of ether oxygens (including phenoxy) is 1. The molecule has 1 amide bonds. The molecule has 1 aliphatic heterocycles. The lowest BCUT2D eigenvalue weighted by Crippen LogP contribution is -2.26. The minimum absolute atomic E-state index is 0.164. The molecule has 2 heterocycles. The van der Waals surface area contributed by atoms with Gasteiger partial charge in [0.2, 0.25) is 0 Å². The molecule has 0 fully saturated rings. The van der Waals surface area contributed by atoms with Crippen molar-refractivity contribution in [2.24, 2.45) is 0 Å². The second kappa shape index (κ2) is 6.45. The number of rotatable bonds is 3. The molecule has 1 aromatic heterocycles. The lowest BCUT2D eigenvalue weighted by molar-refractivity contribution is -0.152. The zero-order chi connectivity index (χ0) is 16.4. The Hall–Kier alpha value is -2.28. The summed E-state index contributed by atoms with van der Waals surface area (Å²) in [6.45, 7) is 3.83. The molecule has 7 heteroatoms. The number of fused-ring (bicyclic) bond motifs is 1. The van der Waals surface area contributed by atoms with Crippen LogP contribution >= 0.6 is 11.8 Å². The highest BCUT2D eigenvalue weighted by Gasteiger charge is 2.26. The van der Waals surface area contributed by atoms with E-state index in [1.54, 1.807) is 23.4 Å². The minimum atomic E-state index is -0.886. The van der Waals surface area contributed by atoms with Crippen molar-refractivity contribution >= 4 is 29.5 Å². The Kier molecular flexibility index (Phi) is 4.38. The molecule has 2 aromatic rings. The molecular formula is C16H17N3O3S. The molecule has 6 nitrogen and oxygen atoms in total. The van der Waals surface area contributed by atoms with Gasteiger partial charge in [0, 0.05) is 17.1 Å². The lowest BCUT2D eigenvalue weighted by Gasteiger charge is -2.10. The summed E-state index contributed by atoms with van der Waals surface area (Å²) in [5.74, 6) is 0.450. The fraction of sp³-hybridized carbons (Fsp3) is 0.312. The van der Waals surface area contributed by atoms with Crippen molar-refractivity contribution in [3.8, 4) is 5.69 Å². The lowest BCUT2D eigenvalue weighted by atomic mass is 10.2. The van der Waals surface area contributed by atoms with E-state index in [2.05, 4.69) is 10.4 Å². The van der Waals surface area contributed by atoms with E-state index in [-0.39, 0.29) is 6.61 Å². The van der Waals surface area contributed by atoms with Gasteiger partial charge in [-0.05, 0) is 26.0 Å². The van der Waals surface area contributed by atoms with E-state index in [1.165, 1.54) is 0 Å². The number of carbonyl (C=O) groups is 2. The molecular weight excluding hydrogens is 314 g/mol. The first-order valence-corrected chi connectivity index (χ1v) is 8.49. The number of aromatic nitrogens is 2. The topological polar surface area (TPSA) is 73.2 Å². The zero-order valence-corrected chi connectivity index (χ0v) is 13.8. The van der Waals surface area contributed by atoms with Gasteiger partial charge in [0.15, 0.2) is 0 Å². The first-order chi connectivity index (χ1) is 11.1. The highest BCUT2D eigenvalue weighted by molar-refractivity contribution is 7.98. The predicted molar refractivity (Wildman–Crippen MR) is 88.6 cm³/mol. The van der Waals surface area contributed by atoms with Crippen LogP contribution in [0.15, 0.2) is 24.3 Å². The van der Waals surface area contributed by atoms with Gasteiger partial charge in [-0.3, -0.25) is 4.79 Å². The average Bonchev–Trinajstić information content (AvgIpc) is 3.11. The minimum Gasteiger partial charge on any atom is -0.459 e. The standard InChI is InChI=1S/C16H17N3O3S/c1-3-22-16(21)15(20)17-14-12-8-23-9-13(12)18-19(14)11-6-4-10(2)5-7-11/h4-7H,3,8-9H2,1-2H3,(H,17,20). The van der Waals surface area contributed by atoms with E-state index in [9.17, 15) is 9.59 Å². The molecule has 0 aliphatic carbocycles. The third-order valence-electron chi connectivity index (χ3n) is 3.52. The highest BCUT2D eigenvalue weighted by atomic mass is 32.2. The maximum Gasteiger partial charge on any atom is 0.397 e. The number of esters is 1. The molecule has 0 saturated carbocycles. The normalized spacial score (nSPS) is 12.8. The number of hydrogen-bond acceptors (Lipinski definition) is 5. The molecule has 1 N–H and O–H groups in total. The quantitative estimate of drug-likeness (QED) is 0.691. The number of nitrogens with zero attached hydrogens (tertiary/aromatic N) is 2. The van der Waals surface area contributed by atoms with Gasteiger partial charge in [-0.25, -0.2) is 9.48 Å². The van der Waals surface area contributed by atoms with E-state index in [0.29, 0.717) is 5.82 Å². The number of aryl methyl sites for hydroxylation is 1. The molecule has 0 atom stereocenters. The van der Waals surface area contributed by atoms with Gasteiger partial charge < -0.3 is 10.1 Å². The molecule has 0 saturated heterocycles. The van der Waals surface area contributed by atoms with Crippen LogP contribution in [-0.2, 0) is 25.8 Å². The third kappa shape index (κ3) is 3.10. The second-order valence-corrected chi connectivity index (χ2v) is 6.17. The van der Waals surface area contributed by atoms with Crippen LogP contribution in [0.1, 0.15) is 23.7 Å². The van der Waals surface area contributed by atoms with Crippen LogP contribution in [0.5, 0.6) is 0 Å². The van der Waals surface area contributed by atoms with E-state index in [4.69, 9.17) is 4.74 Å². The summed E-state index contributed by atoms with van der Waals surface area (Å²) in [7, 11) is 0. The van der Waals surface area contributed by atoms with Crippen molar-refractivity contribution in [2.75, 3.05) is 11.9 Å². The molecule has 1 aromatic carbocycles. The summed E-state index contributed by atoms with van der Waals surface area (Å²) >= 11 is 1.73. The second-order valence-electron chi connectivity index (χ2n) is 5.19. The van der Waals surface area contributed by atoms with Gasteiger partial charge in [0.25, 0.3) is 0 Å². The number of anilines is 1. The number of nitrogens with one attached hydrogen (secondary N) is 1. The van der Waals surface area contributed by atoms with Gasteiger partial charge in [-0.2, -0.15) is 16.9 Å². The molecule has 0 spiro atoms. The number of benzene rings is 1. The SMILES string of the molecule is CCOC(=O)C(=O)Nc1c2c(nn1-c1ccc(C)cc1)CSC2. The predicted octanol–water partition coefficient (Wildman–Crippen LogP) is 2.43. The third-order valence-corrected chi connectivity index (χ3v) is 4.49. The summed E-state index contributed by atoms with van der Waals surface area (Å²) in [6, 6.07) is 7.83. The van der Waals surface area contributed by atoms with Gasteiger partial charge in [0.05, 0.1) is 18.0 Å². The van der Waals surface area contributed by atoms with E-state index in [0.717, 1.165) is 34.0 Å². The van der Waals surface area contributed by atoms with Crippen molar-refractivity contribution in [3.63, 3.8) is 0 Å². The Balaban J connectivity index is 1.96. The number of amides is 1. The summed E-state index contributed by atoms with van der Waals surface area (Å²) in [6.07, 6.45) is 0. The first kappa shape index (κ1) is 15.6. The number of thioether (sulfide) groups is 1. The van der Waals surface area contributed by atoms with Crippen molar-refractivity contribution in [1.82, 2.24) is 9.78 Å². The first-order valence-electron chi connectivity index (χ1n) is 7.33. The maximum atomic E-state index is 12.0. The van der Waals surface area contributed by atoms with Crippen LogP contribution in [0, 0.1) is 6.92 Å². The van der Waals surface area contributed by atoms with Crippen LogP contribution < -0.4 is 5.32 Å². The van der Waals surface area contributed by atoms with Crippen molar-refractivity contribution in [1.29, 1.82) is 0 Å². The van der Waals surface area contributed by atoms with Crippen LogP contribution in [0.2, 0.25) is 0 Å². The van der Waals surface area contributed by atoms with Gasteiger partial charge >= 0.3 is 11.9 Å². The van der Waals surface area contributed by atoms with Crippen molar-refractivity contribution < 1.29 is 14.3 Å². The Morgan fingerprint density at radius 2 is 2.04 bits per heavy atom. The van der Waals surface area contributed by atoms with Crippen molar-refractivity contribution in [2.45, 2.75) is 25.4 Å². The zero-order valence-electron chi connectivity index (χ0n) is 13.0. The summed E-state index contributed by atoms with van der Waals surface area (Å²) < 4.78 is 6.43. The molecule has 3 rings (SSSR count). The molecule has 120 valence electrons. The van der Waals surface area contributed by atoms with Crippen LogP contribution in [0.4, 0.5) is 5.82 Å². The van der Waals surface area contributed by atoms with E-state index < -0.39 is 11.9 Å². The molecule has 0 radical (unpaired) electrons. The van der Waals surface area contributed by atoms with Gasteiger partial charge in [0.1, 0.15) is 5.82 Å². The monoisotopic (exact) mass is 331 g/mol. The fourth-order valence-corrected chi connectivity index (χ4v) is 3.40. The number of hydrogen-bond donors (Lipinski definition) is 1.